The van der Waals surface area contributed by atoms with Gasteiger partial charge in [0.05, 0.1) is 19.3 Å². The topological polar surface area (TPSA) is 29.5 Å². The van der Waals surface area contributed by atoms with Gasteiger partial charge in [0.15, 0.2) is 0 Å². The van der Waals surface area contributed by atoms with Crippen LogP contribution in [0.3, 0.4) is 0 Å². The molecule has 0 aliphatic heterocycles. The molecule has 0 saturated carbocycles. The largest absolute Gasteiger partial charge is 0.387 e. The first kappa shape index (κ1) is 11.7. The van der Waals surface area contributed by atoms with E-state index in [4.69, 9.17) is 4.74 Å². The van der Waals surface area contributed by atoms with Gasteiger partial charge in [-0.2, -0.15) is 0 Å². The first-order valence-electron chi connectivity index (χ1n) is 4.92. The Labute approximate surface area is 90.5 Å². The van der Waals surface area contributed by atoms with E-state index < -0.39 is 6.10 Å². The fourth-order valence-electron chi connectivity index (χ4n) is 1.13. The van der Waals surface area contributed by atoms with Crippen molar-refractivity contribution < 1.29 is 9.84 Å². The van der Waals surface area contributed by atoms with Crippen molar-refractivity contribution in [1.82, 2.24) is 0 Å². The highest BCUT2D eigenvalue weighted by molar-refractivity contribution is 5.13. The van der Waals surface area contributed by atoms with Crippen LogP contribution in [-0.2, 0) is 11.3 Å². The maximum Gasteiger partial charge on any atom is 0.0957 e. The Bertz CT molecular complexity index is 304. The van der Waals surface area contributed by atoms with Crippen LogP contribution in [0.15, 0.2) is 55.1 Å². The van der Waals surface area contributed by atoms with Gasteiger partial charge in [-0.1, -0.05) is 55.1 Å². The maximum absolute atomic E-state index is 9.40. The van der Waals surface area contributed by atoms with E-state index in [2.05, 4.69) is 6.58 Å². The Balaban J connectivity index is 2.22. The lowest BCUT2D eigenvalue weighted by Crippen LogP contribution is -2.11. The molecule has 1 rings (SSSR count). The molecule has 0 amide bonds. The molecule has 1 aromatic carbocycles. The number of benzene rings is 1. The molecule has 0 radical (unpaired) electrons. The van der Waals surface area contributed by atoms with Crippen molar-refractivity contribution in [2.45, 2.75) is 12.7 Å². The molecule has 0 saturated heterocycles. The Morgan fingerprint density at radius 2 is 2.07 bits per heavy atom. The Kier molecular flexibility index (Phi) is 5.44. The summed E-state index contributed by atoms with van der Waals surface area (Å²) in [5.74, 6) is 0. The van der Waals surface area contributed by atoms with Crippen LogP contribution in [-0.4, -0.2) is 17.8 Å². The molecule has 0 aromatic heterocycles. The van der Waals surface area contributed by atoms with Crippen LogP contribution in [0, 0.1) is 0 Å². The fourth-order valence-corrected chi connectivity index (χ4v) is 1.13. The lowest BCUT2D eigenvalue weighted by molar-refractivity contribution is 0.0504. The van der Waals surface area contributed by atoms with Gasteiger partial charge in [0.25, 0.3) is 0 Å². The molecule has 2 heteroatoms. The fraction of sp³-hybridized carbons (Fsp3) is 0.231. The molecule has 1 unspecified atom stereocenters. The number of hydrogen-bond acceptors (Lipinski definition) is 2. The molecule has 0 aliphatic carbocycles. The summed E-state index contributed by atoms with van der Waals surface area (Å²) >= 11 is 0. The van der Waals surface area contributed by atoms with E-state index in [0.717, 1.165) is 5.56 Å². The molecular weight excluding hydrogens is 188 g/mol. The number of ether oxygens (including phenoxy) is 1. The van der Waals surface area contributed by atoms with Gasteiger partial charge < -0.3 is 9.84 Å². The minimum absolute atomic E-state index is 0.305. The first-order chi connectivity index (χ1) is 7.33. The minimum Gasteiger partial charge on any atom is -0.387 e. The zero-order chi connectivity index (χ0) is 10.9. The summed E-state index contributed by atoms with van der Waals surface area (Å²) in [6.45, 7) is 4.35. The molecule has 15 heavy (non-hydrogen) atoms. The van der Waals surface area contributed by atoms with Crippen molar-refractivity contribution in [3.63, 3.8) is 0 Å². The van der Waals surface area contributed by atoms with E-state index in [-0.39, 0.29) is 0 Å². The quantitative estimate of drug-likeness (QED) is 0.720. The number of aliphatic hydroxyl groups is 1. The third-order valence-corrected chi connectivity index (χ3v) is 1.87. The molecule has 1 atom stereocenters. The van der Waals surface area contributed by atoms with Crippen LogP contribution in [0.25, 0.3) is 0 Å². The highest BCUT2D eigenvalue weighted by Gasteiger charge is 1.98. The average Bonchev–Trinajstić information content (AvgIpc) is 2.28. The van der Waals surface area contributed by atoms with Crippen molar-refractivity contribution in [3.8, 4) is 0 Å². The normalized spacial score (nSPS) is 12.9. The SMILES string of the molecule is C=C/C=C/C(O)COCc1ccccc1. The number of rotatable bonds is 6. The van der Waals surface area contributed by atoms with E-state index in [1.54, 1.807) is 18.2 Å². The van der Waals surface area contributed by atoms with Crippen molar-refractivity contribution >= 4 is 0 Å². The molecule has 0 fully saturated rings. The molecular formula is C13H16O2. The third-order valence-electron chi connectivity index (χ3n) is 1.87. The van der Waals surface area contributed by atoms with Gasteiger partial charge in [0, 0.05) is 0 Å². The van der Waals surface area contributed by atoms with Crippen molar-refractivity contribution in [3.05, 3.63) is 60.7 Å². The molecule has 1 aromatic rings. The molecule has 2 nitrogen and oxygen atoms in total. The van der Waals surface area contributed by atoms with E-state index in [0.29, 0.717) is 13.2 Å². The summed E-state index contributed by atoms with van der Waals surface area (Å²) in [5, 5.41) is 9.40. The number of allylic oxidation sites excluding steroid dienone is 2. The molecule has 0 bridgehead atoms. The van der Waals surface area contributed by atoms with Gasteiger partial charge in [-0.15, -0.1) is 0 Å². The molecule has 1 N–H and O–H groups in total. The van der Waals surface area contributed by atoms with Gasteiger partial charge in [-0.3, -0.25) is 0 Å². The summed E-state index contributed by atoms with van der Waals surface area (Å²) in [4.78, 5) is 0. The molecule has 0 aliphatic rings. The number of aliphatic hydroxyl groups excluding tert-OH is 1. The summed E-state index contributed by atoms with van der Waals surface area (Å²) in [7, 11) is 0. The maximum atomic E-state index is 9.40. The monoisotopic (exact) mass is 204 g/mol. The molecule has 0 heterocycles. The Morgan fingerprint density at radius 3 is 2.73 bits per heavy atom. The van der Waals surface area contributed by atoms with Crippen LogP contribution in [0.5, 0.6) is 0 Å². The standard InChI is InChI=1S/C13H16O2/c1-2-3-9-13(14)11-15-10-12-7-5-4-6-8-12/h2-9,13-14H,1,10-11H2/b9-3+. The Hall–Kier alpha value is -1.38. The molecule has 80 valence electrons. The zero-order valence-corrected chi connectivity index (χ0v) is 8.67. The zero-order valence-electron chi connectivity index (χ0n) is 8.67. The Morgan fingerprint density at radius 1 is 1.33 bits per heavy atom. The summed E-state index contributed by atoms with van der Waals surface area (Å²) in [6, 6.07) is 9.88. The van der Waals surface area contributed by atoms with E-state index in [1.165, 1.54) is 0 Å². The molecule has 0 spiro atoms. The lowest BCUT2D eigenvalue weighted by atomic mass is 10.2. The highest BCUT2D eigenvalue weighted by atomic mass is 16.5. The van der Waals surface area contributed by atoms with Gasteiger partial charge >= 0.3 is 0 Å². The minimum atomic E-state index is -0.563. The lowest BCUT2D eigenvalue weighted by Gasteiger charge is -2.06. The second kappa shape index (κ2) is 6.98. The van der Waals surface area contributed by atoms with Crippen molar-refractivity contribution in [2.75, 3.05) is 6.61 Å². The van der Waals surface area contributed by atoms with Crippen LogP contribution in [0.1, 0.15) is 5.56 Å². The van der Waals surface area contributed by atoms with Crippen molar-refractivity contribution in [2.24, 2.45) is 0 Å². The van der Waals surface area contributed by atoms with Gasteiger partial charge in [-0.05, 0) is 5.56 Å². The third kappa shape index (κ3) is 5.15. The van der Waals surface area contributed by atoms with Gasteiger partial charge in [0.2, 0.25) is 0 Å². The van der Waals surface area contributed by atoms with Crippen LogP contribution in [0.4, 0.5) is 0 Å². The summed E-state index contributed by atoms with van der Waals surface area (Å²) in [5.41, 5.74) is 1.11. The van der Waals surface area contributed by atoms with Crippen LogP contribution >= 0.6 is 0 Å². The van der Waals surface area contributed by atoms with Gasteiger partial charge in [-0.25, -0.2) is 0 Å². The van der Waals surface area contributed by atoms with Crippen LogP contribution in [0.2, 0.25) is 0 Å². The first-order valence-corrected chi connectivity index (χ1v) is 4.92. The van der Waals surface area contributed by atoms with Crippen molar-refractivity contribution in [1.29, 1.82) is 0 Å². The van der Waals surface area contributed by atoms with E-state index in [1.807, 2.05) is 30.3 Å². The second-order valence-corrected chi connectivity index (χ2v) is 3.19. The number of hydrogen-bond donors (Lipinski definition) is 1. The van der Waals surface area contributed by atoms with Crippen LogP contribution < -0.4 is 0 Å². The average molecular weight is 204 g/mol. The second-order valence-electron chi connectivity index (χ2n) is 3.19. The van der Waals surface area contributed by atoms with Gasteiger partial charge in [0.1, 0.15) is 0 Å². The predicted octanol–water partition coefficient (Wildman–Crippen LogP) is 2.31. The predicted molar refractivity (Wildman–Crippen MR) is 61.4 cm³/mol. The summed E-state index contributed by atoms with van der Waals surface area (Å²) < 4.78 is 5.34. The smallest absolute Gasteiger partial charge is 0.0957 e. The van der Waals surface area contributed by atoms with E-state index >= 15 is 0 Å². The highest BCUT2D eigenvalue weighted by Crippen LogP contribution is 2.01. The van der Waals surface area contributed by atoms with E-state index in [9.17, 15) is 5.11 Å². The summed E-state index contributed by atoms with van der Waals surface area (Å²) in [6.07, 6.45) is 4.42.